The lowest BCUT2D eigenvalue weighted by atomic mass is 10.1. The number of nitrogens with one attached hydrogen (secondary N) is 2. The van der Waals surface area contributed by atoms with E-state index in [-0.39, 0.29) is 24.0 Å². The first-order chi connectivity index (χ1) is 13.2. The van der Waals surface area contributed by atoms with Gasteiger partial charge in [0.1, 0.15) is 12.2 Å². The molecule has 2 aromatic rings. The van der Waals surface area contributed by atoms with Crippen molar-refractivity contribution < 1.29 is 0 Å². The van der Waals surface area contributed by atoms with Crippen LogP contribution < -0.4 is 10.6 Å². The first-order valence-electron chi connectivity index (χ1n) is 9.81. The number of nitrogens with zero attached hydrogens (tertiary/aromatic N) is 5. The number of likely N-dealkylation sites (N-methyl/N-ethyl adjacent to an activating group) is 1. The molecule has 2 unspecified atom stereocenters. The Bertz CT molecular complexity index is 731. The minimum atomic E-state index is 0. The van der Waals surface area contributed by atoms with E-state index in [9.17, 15) is 0 Å². The Labute approximate surface area is 185 Å². The number of fused-ring (bicyclic) bond motifs is 1. The molecule has 1 aromatic heterocycles. The molecule has 0 amide bonds. The highest BCUT2D eigenvalue weighted by atomic mass is 127. The molecule has 28 heavy (non-hydrogen) atoms. The van der Waals surface area contributed by atoms with Gasteiger partial charge in [0, 0.05) is 31.6 Å². The Morgan fingerprint density at radius 1 is 1.36 bits per heavy atom. The maximum Gasteiger partial charge on any atom is 0.191 e. The van der Waals surface area contributed by atoms with Crippen molar-refractivity contribution in [1.29, 1.82) is 0 Å². The van der Waals surface area contributed by atoms with Gasteiger partial charge in [0.15, 0.2) is 5.96 Å². The van der Waals surface area contributed by atoms with Gasteiger partial charge in [0.05, 0.1) is 13.1 Å². The number of aryl methyl sites for hydroxylation is 1. The van der Waals surface area contributed by atoms with Crippen molar-refractivity contribution >= 4 is 29.9 Å². The molecule has 0 fully saturated rings. The number of hydrogen-bond acceptors (Lipinski definition) is 4. The summed E-state index contributed by atoms with van der Waals surface area (Å²) in [6, 6.07) is 11.2. The van der Waals surface area contributed by atoms with Gasteiger partial charge in [-0.05, 0) is 32.9 Å². The van der Waals surface area contributed by atoms with E-state index in [4.69, 9.17) is 4.99 Å². The fourth-order valence-corrected chi connectivity index (χ4v) is 3.26. The first-order valence-corrected chi connectivity index (χ1v) is 9.81. The monoisotopic (exact) mass is 497 g/mol. The summed E-state index contributed by atoms with van der Waals surface area (Å²) in [5.74, 6) is 1.96. The fraction of sp³-hybridized carbons (Fsp3) is 0.550. The van der Waals surface area contributed by atoms with E-state index >= 15 is 0 Å². The molecule has 154 valence electrons. The van der Waals surface area contributed by atoms with Crippen LogP contribution in [0.25, 0.3) is 0 Å². The highest BCUT2D eigenvalue weighted by Gasteiger charge is 2.20. The smallest absolute Gasteiger partial charge is 0.191 e. The van der Waals surface area contributed by atoms with E-state index in [0.717, 1.165) is 50.8 Å². The molecule has 0 aliphatic carbocycles. The van der Waals surface area contributed by atoms with E-state index in [1.54, 1.807) is 6.33 Å². The van der Waals surface area contributed by atoms with Crippen molar-refractivity contribution in [1.82, 2.24) is 30.3 Å². The average Bonchev–Trinajstić information content (AvgIpc) is 3.14. The summed E-state index contributed by atoms with van der Waals surface area (Å²) in [4.78, 5) is 11.5. The molecule has 1 aliphatic heterocycles. The van der Waals surface area contributed by atoms with Gasteiger partial charge >= 0.3 is 0 Å². The summed E-state index contributed by atoms with van der Waals surface area (Å²) < 4.78 is 1.99. The zero-order chi connectivity index (χ0) is 19.1. The van der Waals surface area contributed by atoms with Crippen LogP contribution in [0.2, 0.25) is 0 Å². The highest BCUT2D eigenvalue weighted by molar-refractivity contribution is 14.0. The topological polar surface area (TPSA) is 70.4 Å². The number of hydrogen-bond donors (Lipinski definition) is 2. The summed E-state index contributed by atoms with van der Waals surface area (Å²) in [6.07, 6.45) is 3.64. The molecule has 2 N–H and O–H groups in total. The van der Waals surface area contributed by atoms with Crippen LogP contribution in [-0.2, 0) is 19.5 Å². The fourth-order valence-electron chi connectivity index (χ4n) is 3.26. The van der Waals surface area contributed by atoms with Gasteiger partial charge < -0.3 is 10.6 Å². The number of guanidine groups is 1. The van der Waals surface area contributed by atoms with E-state index in [0.29, 0.717) is 12.1 Å². The number of rotatable bonds is 7. The molecule has 0 saturated heterocycles. The number of halogens is 1. The zero-order valence-electron chi connectivity index (χ0n) is 17.0. The number of aromatic nitrogens is 3. The predicted molar refractivity (Wildman–Crippen MR) is 124 cm³/mol. The third-order valence-electron chi connectivity index (χ3n) is 5.03. The molecule has 2 atom stereocenters. The van der Waals surface area contributed by atoms with Crippen LogP contribution in [0.3, 0.4) is 0 Å². The molecule has 1 aromatic carbocycles. The highest BCUT2D eigenvalue weighted by Crippen LogP contribution is 2.11. The van der Waals surface area contributed by atoms with Gasteiger partial charge in [-0.25, -0.2) is 9.67 Å². The molecule has 0 radical (unpaired) electrons. The molecular formula is C20H32IN7. The lowest BCUT2D eigenvalue weighted by Gasteiger charge is -2.27. The molecule has 0 spiro atoms. The normalized spacial score (nSPS) is 17.6. The maximum absolute atomic E-state index is 4.82. The SMILES string of the molecule is CCNC(=NCC(C)N(C)Cc1ccccc1)NC1CCc2ncnn2C1.I. The van der Waals surface area contributed by atoms with E-state index in [1.807, 2.05) is 4.68 Å². The summed E-state index contributed by atoms with van der Waals surface area (Å²) in [5, 5.41) is 11.2. The van der Waals surface area contributed by atoms with Gasteiger partial charge in [-0.2, -0.15) is 5.10 Å². The van der Waals surface area contributed by atoms with Gasteiger partial charge in [-0.1, -0.05) is 30.3 Å². The van der Waals surface area contributed by atoms with Crippen molar-refractivity contribution in [3.05, 3.63) is 48.0 Å². The Hall–Kier alpha value is -1.68. The van der Waals surface area contributed by atoms with Crippen molar-refractivity contribution in [2.75, 3.05) is 20.1 Å². The van der Waals surface area contributed by atoms with E-state index in [1.165, 1.54) is 5.56 Å². The molecule has 8 heteroatoms. The molecular weight excluding hydrogens is 465 g/mol. The molecule has 7 nitrogen and oxygen atoms in total. The third kappa shape index (κ3) is 6.44. The third-order valence-corrected chi connectivity index (χ3v) is 5.03. The Balaban J connectivity index is 0.00000280. The van der Waals surface area contributed by atoms with Gasteiger partial charge in [0.2, 0.25) is 0 Å². The predicted octanol–water partition coefficient (Wildman–Crippen LogP) is 2.29. The van der Waals surface area contributed by atoms with Crippen LogP contribution in [0.1, 0.15) is 31.7 Å². The summed E-state index contributed by atoms with van der Waals surface area (Å²) in [6.45, 7) is 7.68. The summed E-state index contributed by atoms with van der Waals surface area (Å²) >= 11 is 0. The van der Waals surface area contributed by atoms with Gasteiger partial charge in [0.25, 0.3) is 0 Å². The zero-order valence-corrected chi connectivity index (χ0v) is 19.3. The lowest BCUT2D eigenvalue weighted by molar-refractivity contribution is 0.255. The minimum Gasteiger partial charge on any atom is -0.357 e. The van der Waals surface area contributed by atoms with Crippen molar-refractivity contribution in [2.24, 2.45) is 4.99 Å². The largest absolute Gasteiger partial charge is 0.357 e. The van der Waals surface area contributed by atoms with Crippen molar-refractivity contribution in [2.45, 2.75) is 51.9 Å². The van der Waals surface area contributed by atoms with E-state index < -0.39 is 0 Å². The number of aliphatic imine (C=N–C) groups is 1. The standard InChI is InChI=1S/C20H31N7.HI/c1-4-21-20(25-18-10-11-19-23-15-24-27(19)14-18)22-12-16(2)26(3)13-17-8-6-5-7-9-17;/h5-9,15-16,18H,4,10-14H2,1-3H3,(H2,21,22,25);1H. The average molecular weight is 497 g/mol. The Morgan fingerprint density at radius 3 is 2.89 bits per heavy atom. The molecule has 0 saturated carbocycles. The van der Waals surface area contributed by atoms with Crippen molar-refractivity contribution in [3.63, 3.8) is 0 Å². The quantitative estimate of drug-likeness (QED) is 0.349. The number of benzene rings is 1. The van der Waals surface area contributed by atoms with E-state index in [2.05, 4.69) is 76.8 Å². The summed E-state index contributed by atoms with van der Waals surface area (Å²) in [5.41, 5.74) is 1.33. The summed E-state index contributed by atoms with van der Waals surface area (Å²) in [7, 11) is 2.15. The van der Waals surface area contributed by atoms with Crippen LogP contribution in [0.4, 0.5) is 0 Å². The second kappa shape index (κ2) is 11.4. The van der Waals surface area contributed by atoms with Crippen LogP contribution in [0.15, 0.2) is 41.7 Å². The van der Waals surface area contributed by atoms with Gasteiger partial charge in [-0.15, -0.1) is 24.0 Å². The molecule has 0 bridgehead atoms. The van der Waals surface area contributed by atoms with Crippen molar-refractivity contribution in [3.8, 4) is 0 Å². The van der Waals surface area contributed by atoms with Crippen LogP contribution >= 0.6 is 24.0 Å². The Kier molecular flexibility index (Phi) is 9.17. The second-order valence-electron chi connectivity index (χ2n) is 7.21. The second-order valence-corrected chi connectivity index (χ2v) is 7.21. The van der Waals surface area contributed by atoms with Gasteiger partial charge in [-0.3, -0.25) is 9.89 Å². The minimum absolute atomic E-state index is 0. The molecule has 3 rings (SSSR count). The lowest BCUT2D eigenvalue weighted by Crippen LogP contribution is -2.47. The maximum atomic E-state index is 4.82. The van der Waals surface area contributed by atoms with Crippen LogP contribution in [0.5, 0.6) is 0 Å². The van der Waals surface area contributed by atoms with Crippen LogP contribution in [-0.4, -0.2) is 57.8 Å². The Morgan fingerprint density at radius 2 is 2.14 bits per heavy atom. The van der Waals surface area contributed by atoms with Crippen LogP contribution in [0, 0.1) is 0 Å². The molecule has 2 heterocycles. The first kappa shape index (κ1) is 22.6. The molecule has 1 aliphatic rings.